The molecule has 0 spiro atoms. The molecule has 3 rings (SSSR count). The van der Waals surface area contributed by atoms with Crippen molar-refractivity contribution in [3.8, 4) is 0 Å². The quantitative estimate of drug-likeness (QED) is 0.399. The molecule has 2 heterocycles. The molecule has 146 valence electrons. The van der Waals surface area contributed by atoms with E-state index in [4.69, 9.17) is 16.6 Å². The zero-order chi connectivity index (χ0) is 17.6. The highest BCUT2D eigenvalue weighted by Crippen LogP contribution is 2.21. The lowest BCUT2D eigenvalue weighted by Crippen LogP contribution is -2.52. The standard InChI is InChI=1S/C19H30ClN5.HI/c1-3-21-19(22-14-16-7-8-23(2)15-16)25-11-9-24(10-12-25)18-6-4-5-17(20)13-18;/h4-6,13,16H,3,7-12,14-15H2,1-2H3,(H,21,22);1H. The smallest absolute Gasteiger partial charge is 0.194 e. The molecule has 0 radical (unpaired) electrons. The molecule has 2 saturated heterocycles. The number of piperazine rings is 1. The van der Waals surface area contributed by atoms with Gasteiger partial charge in [0.2, 0.25) is 0 Å². The molecule has 0 aliphatic carbocycles. The molecule has 0 amide bonds. The largest absolute Gasteiger partial charge is 0.368 e. The van der Waals surface area contributed by atoms with E-state index in [1.807, 2.05) is 18.2 Å². The highest BCUT2D eigenvalue weighted by Gasteiger charge is 2.22. The van der Waals surface area contributed by atoms with E-state index in [0.717, 1.165) is 50.3 Å². The molecule has 1 unspecified atom stereocenters. The summed E-state index contributed by atoms with van der Waals surface area (Å²) in [5, 5.41) is 4.28. The zero-order valence-electron chi connectivity index (χ0n) is 15.8. The van der Waals surface area contributed by atoms with Gasteiger partial charge in [0.05, 0.1) is 0 Å². The minimum Gasteiger partial charge on any atom is -0.368 e. The number of anilines is 1. The molecule has 2 aliphatic rings. The Labute approximate surface area is 179 Å². The molecule has 7 heteroatoms. The molecule has 5 nitrogen and oxygen atoms in total. The number of halogens is 2. The van der Waals surface area contributed by atoms with Crippen LogP contribution >= 0.6 is 35.6 Å². The highest BCUT2D eigenvalue weighted by atomic mass is 127. The van der Waals surface area contributed by atoms with Crippen LogP contribution in [0.15, 0.2) is 29.3 Å². The van der Waals surface area contributed by atoms with E-state index in [1.54, 1.807) is 0 Å². The highest BCUT2D eigenvalue weighted by molar-refractivity contribution is 14.0. The molecular formula is C19H31ClIN5. The Bertz CT molecular complexity index is 589. The maximum atomic E-state index is 6.13. The van der Waals surface area contributed by atoms with Crippen LogP contribution in [0.25, 0.3) is 0 Å². The van der Waals surface area contributed by atoms with Gasteiger partial charge in [-0.3, -0.25) is 4.99 Å². The van der Waals surface area contributed by atoms with Crippen molar-refractivity contribution in [1.29, 1.82) is 0 Å². The zero-order valence-corrected chi connectivity index (χ0v) is 18.9. The molecule has 26 heavy (non-hydrogen) atoms. The van der Waals surface area contributed by atoms with Gasteiger partial charge in [0.25, 0.3) is 0 Å². The van der Waals surface area contributed by atoms with Gasteiger partial charge in [0, 0.05) is 56.5 Å². The van der Waals surface area contributed by atoms with Gasteiger partial charge in [-0.2, -0.15) is 0 Å². The summed E-state index contributed by atoms with van der Waals surface area (Å²) in [5.41, 5.74) is 1.21. The van der Waals surface area contributed by atoms with Crippen molar-refractivity contribution in [2.75, 3.05) is 64.3 Å². The fraction of sp³-hybridized carbons (Fsp3) is 0.632. The molecule has 1 aromatic rings. The first kappa shape index (κ1) is 21.6. The maximum absolute atomic E-state index is 6.13. The number of hydrogen-bond donors (Lipinski definition) is 1. The monoisotopic (exact) mass is 491 g/mol. The summed E-state index contributed by atoms with van der Waals surface area (Å²) in [6.07, 6.45) is 1.27. The molecule has 2 fully saturated rings. The van der Waals surface area contributed by atoms with Crippen molar-refractivity contribution in [2.24, 2.45) is 10.9 Å². The average molecular weight is 492 g/mol. The number of guanidine groups is 1. The molecule has 2 aliphatic heterocycles. The molecule has 0 aromatic heterocycles. The first-order valence-electron chi connectivity index (χ1n) is 9.38. The van der Waals surface area contributed by atoms with Gasteiger partial charge < -0.3 is 20.0 Å². The predicted octanol–water partition coefficient (Wildman–Crippen LogP) is 3.00. The summed E-state index contributed by atoms with van der Waals surface area (Å²) in [7, 11) is 2.20. The minimum atomic E-state index is 0. The first-order chi connectivity index (χ1) is 12.2. The summed E-state index contributed by atoms with van der Waals surface area (Å²) < 4.78 is 0. The van der Waals surface area contributed by atoms with Gasteiger partial charge in [0.15, 0.2) is 5.96 Å². The summed E-state index contributed by atoms with van der Waals surface area (Å²) in [5.74, 6) is 1.77. The van der Waals surface area contributed by atoms with E-state index in [0.29, 0.717) is 5.92 Å². The Morgan fingerprint density at radius 3 is 2.62 bits per heavy atom. The van der Waals surface area contributed by atoms with Crippen molar-refractivity contribution in [3.63, 3.8) is 0 Å². The van der Waals surface area contributed by atoms with Crippen molar-refractivity contribution in [1.82, 2.24) is 15.1 Å². The lowest BCUT2D eigenvalue weighted by molar-refractivity contribution is 0.369. The van der Waals surface area contributed by atoms with Crippen LogP contribution in [0.1, 0.15) is 13.3 Å². The third kappa shape index (κ3) is 5.89. The van der Waals surface area contributed by atoms with Crippen LogP contribution in [0, 0.1) is 5.92 Å². The molecule has 0 bridgehead atoms. The van der Waals surface area contributed by atoms with E-state index in [1.165, 1.54) is 25.2 Å². The third-order valence-electron chi connectivity index (χ3n) is 5.08. The molecular weight excluding hydrogens is 461 g/mol. The normalized spacial score (nSPS) is 21.7. The van der Waals surface area contributed by atoms with Gasteiger partial charge in [0.1, 0.15) is 0 Å². The van der Waals surface area contributed by atoms with E-state index < -0.39 is 0 Å². The van der Waals surface area contributed by atoms with Crippen LogP contribution in [0.5, 0.6) is 0 Å². The van der Waals surface area contributed by atoms with Gasteiger partial charge in [-0.15, -0.1) is 24.0 Å². The van der Waals surface area contributed by atoms with Crippen LogP contribution in [0.4, 0.5) is 5.69 Å². The van der Waals surface area contributed by atoms with Gasteiger partial charge in [-0.25, -0.2) is 0 Å². The Kier molecular flexibility index (Phi) is 8.76. The Balaban J connectivity index is 0.00000243. The third-order valence-corrected chi connectivity index (χ3v) is 5.31. The van der Waals surface area contributed by atoms with Gasteiger partial charge in [-0.05, 0) is 51.1 Å². The Morgan fingerprint density at radius 1 is 1.23 bits per heavy atom. The lowest BCUT2D eigenvalue weighted by Gasteiger charge is -2.37. The van der Waals surface area contributed by atoms with Crippen LogP contribution in [0.2, 0.25) is 5.02 Å². The number of nitrogens with one attached hydrogen (secondary N) is 1. The number of nitrogens with zero attached hydrogens (tertiary/aromatic N) is 4. The van der Waals surface area contributed by atoms with Gasteiger partial charge in [-0.1, -0.05) is 17.7 Å². The minimum absolute atomic E-state index is 0. The van der Waals surface area contributed by atoms with Crippen molar-refractivity contribution in [3.05, 3.63) is 29.3 Å². The second-order valence-electron chi connectivity index (χ2n) is 7.07. The predicted molar refractivity (Wildman–Crippen MR) is 122 cm³/mol. The number of aliphatic imine (C=N–C) groups is 1. The fourth-order valence-electron chi connectivity index (χ4n) is 3.67. The second kappa shape index (κ2) is 10.6. The second-order valence-corrected chi connectivity index (χ2v) is 7.50. The summed E-state index contributed by atoms with van der Waals surface area (Å²) >= 11 is 6.13. The molecule has 1 aromatic carbocycles. The van der Waals surface area contributed by atoms with Crippen LogP contribution in [0.3, 0.4) is 0 Å². The van der Waals surface area contributed by atoms with Crippen LogP contribution < -0.4 is 10.2 Å². The van der Waals surface area contributed by atoms with E-state index in [2.05, 4.69) is 40.1 Å². The van der Waals surface area contributed by atoms with Gasteiger partial charge >= 0.3 is 0 Å². The van der Waals surface area contributed by atoms with Crippen LogP contribution in [-0.2, 0) is 0 Å². The SMILES string of the molecule is CCNC(=NCC1CCN(C)C1)N1CCN(c2cccc(Cl)c2)CC1.I. The number of rotatable bonds is 4. The fourth-order valence-corrected chi connectivity index (χ4v) is 3.85. The maximum Gasteiger partial charge on any atom is 0.194 e. The molecule has 1 N–H and O–H groups in total. The number of likely N-dealkylation sites (tertiary alicyclic amines) is 1. The number of hydrogen-bond acceptors (Lipinski definition) is 3. The van der Waals surface area contributed by atoms with Crippen LogP contribution in [-0.4, -0.2) is 75.2 Å². The van der Waals surface area contributed by atoms with Crippen molar-refractivity contribution in [2.45, 2.75) is 13.3 Å². The molecule has 1 atom stereocenters. The van der Waals surface area contributed by atoms with E-state index in [9.17, 15) is 0 Å². The topological polar surface area (TPSA) is 34.1 Å². The number of benzene rings is 1. The molecule has 0 saturated carbocycles. The van der Waals surface area contributed by atoms with Crippen molar-refractivity contribution >= 4 is 47.2 Å². The first-order valence-corrected chi connectivity index (χ1v) is 9.76. The van der Waals surface area contributed by atoms with Crippen molar-refractivity contribution < 1.29 is 0 Å². The van der Waals surface area contributed by atoms with E-state index >= 15 is 0 Å². The Hall–Kier alpha value is -0.730. The Morgan fingerprint density at radius 2 is 2.00 bits per heavy atom. The summed E-state index contributed by atoms with van der Waals surface area (Å²) in [6, 6.07) is 8.14. The average Bonchev–Trinajstić information content (AvgIpc) is 3.04. The summed E-state index contributed by atoms with van der Waals surface area (Å²) in [4.78, 5) is 12.1. The lowest BCUT2D eigenvalue weighted by atomic mass is 10.1. The van der Waals surface area contributed by atoms with E-state index in [-0.39, 0.29) is 24.0 Å². The summed E-state index contributed by atoms with van der Waals surface area (Å²) in [6.45, 7) is 10.3.